The summed E-state index contributed by atoms with van der Waals surface area (Å²) in [6.07, 6.45) is 2.26. The second-order valence-electron chi connectivity index (χ2n) is 8.86. The molecule has 0 saturated carbocycles. The van der Waals surface area contributed by atoms with Crippen LogP contribution in [0.25, 0.3) is 11.1 Å². The van der Waals surface area contributed by atoms with Crippen molar-refractivity contribution < 1.29 is 4.74 Å². The summed E-state index contributed by atoms with van der Waals surface area (Å²) in [5.41, 5.74) is 7.17. The maximum Gasteiger partial charge on any atom is 0.119 e. The normalized spacial score (nSPS) is 11.1. The number of hydrogen-bond acceptors (Lipinski definition) is 4. The number of benzene rings is 3. The molecule has 0 unspecified atom stereocenters. The Balaban J connectivity index is 1.41. The zero-order valence-electron chi connectivity index (χ0n) is 21.1. The molecule has 35 heavy (non-hydrogen) atoms. The number of thiophene rings is 1. The molecular formula is C31H36N2OS. The fourth-order valence-electron chi connectivity index (χ4n) is 4.29. The molecule has 0 bridgehead atoms. The highest BCUT2D eigenvalue weighted by Gasteiger charge is 2.13. The SMILES string of the molecule is CCCN(CC)CCCOc1ccc(-c2ccc(N(c3ccc(C)cc3)c3ccsc3)cc2)cc1. The summed E-state index contributed by atoms with van der Waals surface area (Å²) in [5.74, 6) is 0.937. The maximum absolute atomic E-state index is 5.99. The third-order valence-corrected chi connectivity index (χ3v) is 6.91. The van der Waals surface area contributed by atoms with Crippen molar-refractivity contribution in [3.05, 3.63) is 95.2 Å². The Morgan fingerprint density at radius 2 is 1.34 bits per heavy atom. The molecule has 0 fully saturated rings. The minimum absolute atomic E-state index is 0.756. The van der Waals surface area contributed by atoms with Crippen molar-refractivity contribution in [3.8, 4) is 16.9 Å². The van der Waals surface area contributed by atoms with Crippen LogP contribution in [-0.2, 0) is 0 Å². The van der Waals surface area contributed by atoms with E-state index >= 15 is 0 Å². The van der Waals surface area contributed by atoms with Crippen molar-refractivity contribution in [2.45, 2.75) is 33.6 Å². The van der Waals surface area contributed by atoms with Gasteiger partial charge < -0.3 is 14.5 Å². The Morgan fingerprint density at radius 1 is 0.714 bits per heavy atom. The zero-order chi connectivity index (χ0) is 24.5. The van der Waals surface area contributed by atoms with E-state index in [0.29, 0.717) is 0 Å². The fraction of sp³-hybridized carbons (Fsp3) is 0.290. The van der Waals surface area contributed by atoms with Crippen molar-refractivity contribution in [1.29, 1.82) is 0 Å². The van der Waals surface area contributed by atoms with Gasteiger partial charge in [0, 0.05) is 23.3 Å². The first-order chi connectivity index (χ1) is 17.2. The Hall–Kier alpha value is -3.08. The standard InChI is InChI=1S/C31H36N2OS/c1-4-20-32(5-2)21-6-22-34-31-17-11-27(12-18-31)26-9-15-29(16-10-26)33(30-19-23-35-24-30)28-13-7-25(3)8-14-28/h7-19,23-24H,4-6,20-22H2,1-3H3. The van der Waals surface area contributed by atoms with Gasteiger partial charge in [-0.2, -0.15) is 11.3 Å². The predicted molar refractivity (Wildman–Crippen MR) is 152 cm³/mol. The quantitative estimate of drug-likeness (QED) is 0.187. The topological polar surface area (TPSA) is 15.7 Å². The second-order valence-corrected chi connectivity index (χ2v) is 9.64. The molecule has 0 N–H and O–H groups in total. The average molecular weight is 485 g/mol. The maximum atomic E-state index is 5.99. The van der Waals surface area contributed by atoms with E-state index in [1.54, 1.807) is 11.3 Å². The van der Waals surface area contributed by atoms with Crippen LogP contribution < -0.4 is 9.64 Å². The van der Waals surface area contributed by atoms with Crippen molar-refractivity contribution in [3.63, 3.8) is 0 Å². The lowest BCUT2D eigenvalue weighted by molar-refractivity contribution is 0.242. The molecule has 3 aromatic carbocycles. The summed E-state index contributed by atoms with van der Waals surface area (Å²) in [7, 11) is 0. The number of hydrogen-bond donors (Lipinski definition) is 0. The van der Waals surface area contributed by atoms with E-state index < -0.39 is 0 Å². The Bertz CT molecular complexity index is 1140. The highest BCUT2D eigenvalue weighted by molar-refractivity contribution is 7.08. The van der Waals surface area contributed by atoms with Crippen LogP contribution in [0.15, 0.2) is 89.6 Å². The molecular weight excluding hydrogens is 448 g/mol. The van der Waals surface area contributed by atoms with Crippen molar-refractivity contribution in [2.75, 3.05) is 31.1 Å². The largest absolute Gasteiger partial charge is 0.494 e. The molecule has 0 aliphatic rings. The first kappa shape index (κ1) is 25.0. The second kappa shape index (κ2) is 12.6. The summed E-state index contributed by atoms with van der Waals surface area (Å²) in [6, 6.07) is 28.1. The molecule has 1 heterocycles. The van der Waals surface area contributed by atoms with Gasteiger partial charge >= 0.3 is 0 Å². The summed E-state index contributed by atoms with van der Waals surface area (Å²) < 4.78 is 5.99. The summed E-state index contributed by atoms with van der Waals surface area (Å²) in [4.78, 5) is 4.78. The minimum atomic E-state index is 0.756. The van der Waals surface area contributed by atoms with Crippen LogP contribution in [0.3, 0.4) is 0 Å². The van der Waals surface area contributed by atoms with Gasteiger partial charge in [-0.15, -0.1) is 0 Å². The minimum Gasteiger partial charge on any atom is -0.494 e. The highest BCUT2D eigenvalue weighted by Crippen LogP contribution is 2.36. The van der Waals surface area contributed by atoms with Gasteiger partial charge in [-0.1, -0.05) is 55.8 Å². The van der Waals surface area contributed by atoms with Crippen LogP contribution in [0, 0.1) is 6.92 Å². The molecule has 0 aliphatic carbocycles. The van der Waals surface area contributed by atoms with Crippen molar-refractivity contribution >= 4 is 28.4 Å². The molecule has 4 aromatic rings. The molecule has 0 amide bonds. The molecule has 182 valence electrons. The van der Waals surface area contributed by atoms with Crippen LogP contribution in [0.5, 0.6) is 5.75 Å². The fourth-order valence-corrected chi connectivity index (χ4v) is 4.91. The summed E-state index contributed by atoms with van der Waals surface area (Å²) in [5, 5.41) is 4.32. The van der Waals surface area contributed by atoms with Gasteiger partial charge in [-0.05, 0) is 91.8 Å². The molecule has 0 atom stereocenters. The van der Waals surface area contributed by atoms with E-state index in [2.05, 4.69) is 120 Å². The van der Waals surface area contributed by atoms with Crippen molar-refractivity contribution in [2.24, 2.45) is 0 Å². The number of aryl methyl sites for hydroxylation is 1. The lowest BCUT2D eigenvalue weighted by atomic mass is 10.0. The van der Waals surface area contributed by atoms with Gasteiger partial charge in [0.15, 0.2) is 0 Å². The molecule has 0 aliphatic heterocycles. The van der Waals surface area contributed by atoms with Crippen molar-refractivity contribution in [1.82, 2.24) is 4.90 Å². The van der Waals surface area contributed by atoms with Crippen LogP contribution >= 0.6 is 11.3 Å². The van der Waals surface area contributed by atoms with E-state index in [0.717, 1.165) is 37.6 Å². The van der Waals surface area contributed by atoms with Crippen LogP contribution in [0.1, 0.15) is 32.3 Å². The molecule has 0 saturated heterocycles. The van der Waals surface area contributed by atoms with Gasteiger partial charge in [0.25, 0.3) is 0 Å². The lowest BCUT2D eigenvalue weighted by Crippen LogP contribution is -2.26. The first-order valence-corrected chi connectivity index (χ1v) is 13.6. The lowest BCUT2D eigenvalue weighted by Gasteiger charge is -2.24. The first-order valence-electron chi connectivity index (χ1n) is 12.6. The van der Waals surface area contributed by atoms with Crippen LogP contribution in [0.2, 0.25) is 0 Å². The smallest absolute Gasteiger partial charge is 0.119 e. The molecule has 0 spiro atoms. The van der Waals surface area contributed by atoms with E-state index in [9.17, 15) is 0 Å². The molecule has 1 aromatic heterocycles. The number of anilines is 3. The monoisotopic (exact) mass is 484 g/mol. The third-order valence-electron chi connectivity index (χ3n) is 6.24. The predicted octanol–water partition coefficient (Wildman–Crippen LogP) is 8.69. The van der Waals surface area contributed by atoms with Gasteiger partial charge in [0.2, 0.25) is 0 Å². The van der Waals surface area contributed by atoms with Gasteiger partial charge in [-0.3, -0.25) is 0 Å². The summed E-state index contributed by atoms with van der Waals surface area (Å²) in [6.45, 7) is 10.7. The average Bonchev–Trinajstić information content (AvgIpc) is 3.42. The van der Waals surface area contributed by atoms with E-state index in [4.69, 9.17) is 4.74 Å². The molecule has 4 rings (SSSR count). The van der Waals surface area contributed by atoms with E-state index in [1.807, 2.05) is 0 Å². The third kappa shape index (κ3) is 6.74. The van der Waals surface area contributed by atoms with Gasteiger partial charge in [0.1, 0.15) is 5.75 Å². The Labute approximate surface area is 214 Å². The van der Waals surface area contributed by atoms with Gasteiger partial charge in [0.05, 0.1) is 12.3 Å². The summed E-state index contributed by atoms with van der Waals surface area (Å²) >= 11 is 1.72. The Morgan fingerprint density at radius 3 is 1.91 bits per heavy atom. The molecule has 4 heteroatoms. The van der Waals surface area contributed by atoms with E-state index in [-0.39, 0.29) is 0 Å². The number of nitrogens with zero attached hydrogens (tertiary/aromatic N) is 2. The van der Waals surface area contributed by atoms with Gasteiger partial charge in [-0.25, -0.2) is 0 Å². The molecule has 3 nitrogen and oxygen atoms in total. The highest BCUT2D eigenvalue weighted by atomic mass is 32.1. The molecule has 0 radical (unpaired) electrons. The van der Waals surface area contributed by atoms with E-state index in [1.165, 1.54) is 41.0 Å². The van der Waals surface area contributed by atoms with Crippen LogP contribution in [0.4, 0.5) is 17.1 Å². The van der Waals surface area contributed by atoms with Crippen LogP contribution in [-0.4, -0.2) is 31.1 Å². The zero-order valence-corrected chi connectivity index (χ0v) is 21.9. The number of ether oxygens (including phenoxy) is 1. The number of rotatable bonds is 12. The Kier molecular flexibility index (Phi) is 8.99.